The van der Waals surface area contributed by atoms with Gasteiger partial charge in [-0.1, -0.05) is 0 Å². The van der Waals surface area contributed by atoms with Crippen molar-refractivity contribution in [1.29, 1.82) is 0 Å². The van der Waals surface area contributed by atoms with Crippen LogP contribution in [0.2, 0.25) is 0 Å². The second-order valence-corrected chi connectivity index (χ2v) is 1.39. The van der Waals surface area contributed by atoms with Crippen LogP contribution in [0.25, 0.3) is 0 Å². The van der Waals surface area contributed by atoms with Crippen molar-refractivity contribution in [3.63, 3.8) is 0 Å². The maximum absolute atomic E-state index is 9.63. The van der Waals surface area contributed by atoms with Gasteiger partial charge in [0.25, 0.3) is 0 Å². The van der Waals surface area contributed by atoms with Gasteiger partial charge in [0.15, 0.2) is 0 Å². The third-order valence-corrected chi connectivity index (χ3v) is 0.707. The summed E-state index contributed by atoms with van der Waals surface area (Å²) in [6.07, 6.45) is 0. The molecule has 0 heterocycles. The molecule has 0 aromatic rings. The minimum absolute atomic E-state index is 0. The van der Waals surface area contributed by atoms with E-state index < -0.39 is 23.8 Å². The van der Waals surface area contributed by atoms with Gasteiger partial charge in [0, 0.05) is 0 Å². The van der Waals surface area contributed by atoms with Gasteiger partial charge in [-0.2, -0.15) is 0 Å². The van der Waals surface area contributed by atoms with Gasteiger partial charge in [-0.3, -0.25) is 0 Å². The predicted octanol–water partition coefficient (Wildman–Crippen LogP) is -14.1. The Labute approximate surface area is 140 Å². The molecule has 0 aliphatic heterocycles. The second-order valence-electron chi connectivity index (χ2n) is 1.39. The average Bonchev–Trinajstić information content (AvgIpc) is 1.59. The van der Waals surface area contributed by atoms with E-state index >= 15 is 0 Å². The van der Waals surface area contributed by atoms with Crippen molar-refractivity contribution >= 4 is 17.9 Å². The molecule has 0 aliphatic carbocycles. The summed E-state index contributed by atoms with van der Waals surface area (Å²) in [6.45, 7) is 0. The van der Waals surface area contributed by atoms with E-state index in [-0.39, 0.29) is 88.7 Å². The largest absolute Gasteiger partial charge is 1.00 e. The van der Waals surface area contributed by atoms with E-state index in [4.69, 9.17) is 0 Å². The first kappa shape index (κ1) is 23.9. The van der Waals surface area contributed by atoms with Gasteiger partial charge < -0.3 is 29.7 Å². The first-order valence-electron chi connectivity index (χ1n) is 2.09. The van der Waals surface area contributed by atoms with Gasteiger partial charge in [-0.25, -0.2) is 0 Å². The Morgan fingerprint density at radius 3 is 0.846 bits per heavy atom. The molecule has 0 aromatic heterocycles. The molecular weight excluding hydrogens is 213 g/mol. The summed E-state index contributed by atoms with van der Waals surface area (Å²) in [6, 6.07) is 0. The van der Waals surface area contributed by atoms with E-state index in [1.54, 1.807) is 0 Å². The zero-order valence-electron chi connectivity index (χ0n) is 7.53. The smallest absolute Gasteiger partial charge is 0.549 e. The van der Waals surface area contributed by atoms with Gasteiger partial charge in [-0.15, -0.1) is 0 Å². The van der Waals surface area contributed by atoms with E-state index in [9.17, 15) is 29.7 Å². The van der Waals surface area contributed by atoms with E-state index in [2.05, 4.69) is 0 Å². The molecule has 0 atom stereocenters. The Morgan fingerprint density at radius 2 is 0.846 bits per heavy atom. The Hall–Kier alpha value is 1.41. The molecule has 0 radical (unpaired) electrons. The van der Waals surface area contributed by atoms with Crippen molar-refractivity contribution in [2.45, 2.75) is 0 Å². The molecule has 0 saturated carbocycles. The number of hydrogen-bond acceptors (Lipinski definition) is 6. The molecule has 0 spiro atoms. The summed E-state index contributed by atoms with van der Waals surface area (Å²) in [5, 5.41) is 28.9. The van der Waals surface area contributed by atoms with Crippen molar-refractivity contribution < 1.29 is 118 Å². The van der Waals surface area contributed by atoms with Crippen LogP contribution in [0.5, 0.6) is 0 Å². The molecule has 0 aromatic carbocycles. The van der Waals surface area contributed by atoms with Gasteiger partial charge in [0.05, 0.1) is 23.8 Å². The quantitative estimate of drug-likeness (QED) is 0.339. The van der Waals surface area contributed by atoms with E-state index in [1.165, 1.54) is 0 Å². The first-order valence-corrected chi connectivity index (χ1v) is 2.09. The van der Waals surface area contributed by atoms with Crippen LogP contribution in [0.1, 0.15) is 0 Å². The third kappa shape index (κ3) is 9.71. The molecular formula is C4HNa3O6. The molecule has 0 aliphatic rings. The van der Waals surface area contributed by atoms with Crippen LogP contribution in [-0.2, 0) is 14.4 Å². The number of hydrogen-bond donors (Lipinski definition) is 0. The fourth-order valence-corrected chi connectivity index (χ4v) is 0.289. The third-order valence-electron chi connectivity index (χ3n) is 0.707. The summed E-state index contributed by atoms with van der Waals surface area (Å²) in [5.41, 5.74) is 0. The molecule has 0 bridgehead atoms. The molecule has 0 N–H and O–H groups in total. The minimum atomic E-state index is -2.69. The molecule has 13 heavy (non-hydrogen) atoms. The molecule has 0 rings (SSSR count). The number of carbonyl (C=O) groups is 3. The molecule has 0 unspecified atom stereocenters. The summed E-state index contributed by atoms with van der Waals surface area (Å²) in [4.78, 5) is 28.9. The van der Waals surface area contributed by atoms with Crippen molar-refractivity contribution in [2.24, 2.45) is 5.92 Å². The fraction of sp³-hybridized carbons (Fsp3) is 0.250. The van der Waals surface area contributed by atoms with Crippen LogP contribution < -0.4 is 104 Å². The Balaban J connectivity index is -0.000000135. The summed E-state index contributed by atoms with van der Waals surface area (Å²) >= 11 is 0. The van der Waals surface area contributed by atoms with Crippen molar-refractivity contribution in [2.75, 3.05) is 0 Å². The van der Waals surface area contributed by atoms with Crippen molar-refractivity contribution in [3.8, 4) is 0 Å². The van der Waals surface area contributed by atoms with Crippen LogP contribution in [0.3, 0.4) is 0 Å². The summed E-state index contributed by atoms with van der Waals surface area (Å²) < 4.78 is 0. The van der Waals surface area contributed by atoms with Crippen LogP contribution in [0.4, 0.5) is 0 Å². The number of aliphatic carboxylic acids is 3. The van der Waals surface area contributed by atoms with E-state index in [0.29, 0.717) is 0 Å². The topological polar surface area (TPSA) is 120 Å². The van der Waals surface area contributed by atoms with E-state index in [0.717, 1.165) is 0 Å². The molecule has 6 nitrogen and oxygen atoms in total. The molecule has 0 fully saturated rings. The summed E-state index contributed by atoms with van der Waals surface area (Å²) in [5.74, 6) is -9.44. The van der Waals surface area contributed by atoms with Crippen LogP contribution in [-0.4, -0.2) is 17.9 Å². The standard InChI is InChI=1S/C4H4O6.3Na/c5-2(6)1(3(7)8)4(9)10;;;/h1H,(H,5,6)(H,7,8)(H,9,10);;;/q;3*+1/p-3. The minimum Gasteiger partial charge on any atom is -0.549 e. The van der Waals surface area contributed by atoms with Crippen LogP contribution >= 0.6 is 0 Å². The maximum atomic E-state index is 9.63. The number of carboxylic acid groups (broad SMARTS) is 3. The SMILES string of the molecule is O=C([O-])C(C(=O)[O-])C(=O)[O-].[Na+].[Na+].[Na+]. The maximum Gasteiger partial charge on any atom is 1.00 e. The van der Waals surface area contributed by atoms with Gasteiger partial charge in [0.2, 0.25) is 0 Å². The average molecular weight is 214 g/mol. The Bertz CT molecular complexity index is 159. The van der Waals surface area contributed by atoms with Gasteiger partial charge in [0.1, 0.15) is 0 Å². The number of carboxylic acids is 3. The molecule has 9 heteroatoms. The second kappa shape index (κ2) is 11.5. The molecule has 0 amide bonds. The number of rotatable bonds is 3. The Kier molecular flexibility index (Phi) is 21.1. The van der Waals surface area contributed by atoms with Crippen LogP contribution in [0, 0.1) is 5.92 Å². The number of carbonyl (C=O) groups excluding carboxylic acids is 3. The zero-order chi connectivity index (χ0) is 8.31. The monoisotopic (exact) mass is 214 g/mol. The predicted molar refractivity (Wildman–Crippen MR) is 18.5 cm³/mol. The Morgan fingerprint density at radius 1 is 0.692 bits per heavy atom. The normalized spacial score (nSPS) is 7.15. The van der Waals surface area contributed by atoms with Crippen LogP contribution in [0.15, 0.2) is 0 Å². The molecule has 56 valence electrons. The first-order chi connectivity index (χ1) is 4.46. The fourth-order valence-electron chi connectivity index (χ4n) is 0.289. The zero-order valence-corrected chi connectivity index (χ0v) is 13.5. The van der Waals surface area contributed by atoms with Crippen molar-refractivity contribution in [3.05, 3.63) is 0 Å². The van der Waals surface area contributed by atoms with Gasteiger partial charge >= 0.3 is 88.7 Å². The summed E-state index contributed by atoms with van der Waals surface area (Å²) in [7, 11) is 0. The van der Waals surface area contributed by atoms with Crippen molar-refractivity contribution in [1.82, 2.24) is 0 Å². The molecule has 0 saturated heterocycles. The van der Waals surface area contributed by atoms with Gasteiger partial charge in [-0.05, 0) is 0 Å². The van der Waals surface area contributed by atoms with E-state index in [1.807, 2.05) is 0 Å².